The van der Waals surface area contributed by atoms with Gasteiger partial charge < -0.3 is 19.5 Å². The van der Waals surface area contributed by atoms with Gasteiger partial charge in [0.1, 0.15) is 5.82 Å². The first-order valence-electron chi connectivity index (χ1n) is 11.6. The molecule has 34 heavy (non-hydrogen) atoms. The van der Waals surface area contributed by atoms with Crippen molar-refractivity contribution in [3.8, 4) is 11.4 Å². The van der Waals surface area contributed by atoms with Gasteiger partial charge in [0.05, 0.1) is 11.6 Å². The molecule has 0 radical (unpaired) electrons. The zero-order valence-electron chi connectivity index (χ0n) is 19.7. The number of thiocarbonyl (C=S) groups is 1. The summed E-state index contributed by atoms with van der Waals surface area (Å²) in [5, 5.41) is 8.25. The topological polar surface area (TPSA) is 63.4 Å². The molecule has 6 nitrogen and oxygen atoms in total. The number of aryl methyl sites for hydroxylation is 1. The first-order valence-corrected chi connectivity index (χ1v) is 12.0. The van der Waals surface area contributed by atoms with E-state index >= 15 is 0 Å². The van der Waals surface area contributed by atoms with Crippen molar-refractivity contribution in [3.63, 3.8) is 0 Å². The van der Waals surface area contributed by atoms with Crippen molar-refractivity contribution < 1.29 is 13.7 Å². The van der Waals surface area contributed by atoms with E-state index in [2.05, 4.69) is 46.6 Å². The first-order chi connectivity index (χ1) is 16.5. The highest BCUT2D eigenvalue weighted by molar-refractivity contribution is 7.80. The summed E-state index contributed by atoms with van der Waals surface area (Å²) in [6.45, 7) is 8.17. The van der Waals surface area contributed by atoms with Crippen molar-refractivity contribution >= 4 is 22.9 Å². The number of halogens is 1. The standard InChI is InChI=1S/C26H29FN4O2S/c1-4-18-10-12-19(13-11-18)23-22(17(3)31(26(34)28-23)14-7-15-32-5-2)25-29-24(30-33-25)20-8-6-9-21(27)16-20/h6,8-13,16,23H,4-5,7,14-15H2,1-3H3,(H,28,34). The summed E-state index contributed by atoms with van der Waals surface area (Å²) in [7, 11) is 0. The van der Waals surface area contributed by atoms with Crippen LogP contribution in [-0.4, -0.2) is 39.9 Å². The second kappa shape index (κ2) is 10.9. The van der Waals surface area contributed by atoms with E-state index in [9.17, 15) is 4.39 Å². The molecule has 0 saturated carbocycles. The molecular weight excluding hydrogens is 451 g/mol. The Kier molecular flexibility index (Phi) is 7.70. The minimum atomic E-state index is -0.349. The van der Waals surface area contributed by atoms with Crippen LogP contribution in [0, 0.1) is 5.82 Å². The van der Waals surface area contributed by atoms with Gasteiger partial charge in [-0.3, -0.25) is 0 Å². The summed E-state index contributed by atoms with van der Waals surface area (Å²) in [5.74, 6) is 0.371. The summed E-state index contributed by atoms with van der Waals surface area (Å²) in [5.41, 5.74) is 4.66. The molecule has 0 aliphatic carbocycles. The monoisotopic (exact) mass is 480 g/mol. The molecule has 1 N–H and O–H groups in total. The summed E-state index contributed by atoms with van der Waals surface area (Å²) in [6, 6.07) is 14.4. The van der Waals surface area contributed by atoms with Crippen LogP contribution in [0.4, 0.5) is 4.39 Å². The zero-order chi connectivity index (χ0) is 24.1. The molecule has 3 aromatic rings. The van der Waals surface area contributed by atoms with Crippen molar-refractivity contribution in [3.05, 3.63) is 77.1 Å². The van der Waals surface area contributed by atoms with Gasteiger partial charge in [0.25, 0.3) is 5.89 Å². The fourth-order valence-electron chi connectivity index (χ4n) is 4.07. The van der Waals surface area contributed by atoms with Crippen molar-refractivity contribution in [1.29, 1.82) is 0 Å². The number of hydrogen-bond acceptors (Lipinski definition) is 5. The molecule has 1 aliphatic rings. The highest BCUT2D eigenvalue weighted by atomic mass is 32.1. The van der Waals surface area contributed by atoms with Gasteiger partial charge in [-0.25, -0.2) is 4.39 Å². The number of aromatic nitrogens is 2. The van der Waals surface area contributed by atoms with Crippen LogP contribution in [0.3, 0.4) is 0 Å². The SMILES string of the molecule is CCOCCCN1C(=S)NC(c2ccc(CC)cc2)C(c2nc(-c3cccc(F)c3)no2)=C1C. The highest BCUT2D eigenvalue weighted by Gasteiger charge is 2.34. The molecule has 1 aromatic heterocycles. The summed E-state index contributed by atoms with van der Waals surface area (Å²) in [4.78, 5) is 6.69. The molecular formula is C26H29FN4O2S. The summed E-state index contributed by atoms with van der Waals surface area (Å²) >= 11 is 5.74. The van der Waals surface area contributed by atoms with Crippen molar-refractivity contribution in [2.45, 2.75) is 39.7 Å². The van der Waals surface area contributed by atoms with Crippen LogP contribution in [-0.2, 0) is 11.2 Å². The van der Waals surface area contributed by atoms with Crippen molar-refractivity contribution in [2.75, 3.05) is 19.8 Å². The second-order valence-corrected chi connectivity index (χ2v) is 8.50. The highest BCUT2D eigenvalue weighted by Crippen LogP contribution is 2.37. The number of rotatable bonds is 9. The molecule has 0 fully saturated rings. The van der Waals surface area contributed by atoms with Crippen LogP contribution in [0.2, 0.25) is 0 Å². The van der Waals surface area contributed by atoms with Gasteiger partial charge in [0.15, 0.2) is 5.11 Å². The largest absolute Gasteiger partial charge is 0.382 e. The lowest BCUT2D eigenvalue weighted by atomic mass is 9.94. The second-order valence-electron chi connectivity index (χ2n) is 8.11. The van der Waals surface area contributed by atoms with E-state index in [1.807, 2.05) is 18.7 Å². The van der Waals surface area contributed by atoms with Gasteiger partial charge in [-0.1, -0.05) is 48.5 Å². The molecule has 2 heterocycles. The Morgan fingerprint density at radius 1 is 1.18 bits per heavy atom. The van der Waals surface area contributed by atoms with Gasteiger partial charge >= 0.3 is 0 Å². The number of ether oxygens (including phenoxy) is 1. The average Bonchev–Trinajstić information content (AvgIpc) is 3.33. The third kappa shape index (κ3) is 5.18. The van der Waals surface area contributed by atoms with Gasteiger partial charge in [-0.2, -0.15) is 4.98 Å². The van der Waals surface area contributed by atoms with E-state index in [4.69, 9.17) is 21.5 Å². The maximum absolute atomic E-state index is 13.8. The van der Waals surface area contributed by atoms with Gasteiger partial charge in [-0.05, 0) is 62.2 Å². The lowest BCUT2D eigenvalue weighted by Gasteiger charge is -2.37. The molecule has 2 aromatic carbocycles. The van der Waals surface area contributed by atoms with Crippen molar-refractivity contribution in [2.24, 2.45) is 0 Å². The van der Waals surface area contributed by atoms with Crippen LogP contribution in [0.1, 0.15) is 50.3 Å². The molecule has 0 bridgehead atoms. The predicted molar refractivity (Wildman–Crippen MR) is 134 cm³/mol. The van der Waals surface area contributed by atoms with E-state index in [0.29, 0.717) is 42.1 Å². The molecule has 1 atom stereocenters. The molecule has 8 heteroatoms. The third-order valence-electron chi connectivity index (χ3n) is 5.93. The number of nitrogens with zero attached hydrogens (tertiary/aromatic N) is 3. The predicted octanol–water partition coefficient (Wildman–Crippen LogP) is 5.53. The average molecular weight is 481 g/mol. The van der Waals surface area contributed by atoms with Gasteiger partial charge in [-0.15, -0.1) is 0 Å². The van der Waals surface area contributed by atoms with E-state index < -0.39 is 0 Å². The quantitative estimate of drug-likeness (QED) is 0.319. The van der Waals surface area contributed by atoms with Crippen LogP contribution < -0.4 is 5.32 Å². The Morgan fingerprint density at radius 2 is 1.97 bits per heavy atom. The molecule has 0 saturated heterocycles. The van der Waals surface area contributed by atoms with Crippen molar-refractivity contribution in [1.82, 2.24) is 20.4 Å². The molecule has 1 aliphatic heterocycles. The zero-order valence-corrected chi connectivity index (χ0v) is 20.5. The van der Waals surface area contributed by atoms with Crippen LogP contribution in [0.15, 0.2) is 58.8 Å². The van der Waals surface area contributed by atoms with Gasteiger partial charge in [0.2, 0.25) is 5.82 Å². The Labute approximate surface area is 204 Å². The van der Waals surface area contributed by atoms with Crippen LogP contribution >= 0.6 is 12.2 Å². The fraction of sp³-hybridized carbons (Fsp3) is 0.346. The normalized spacial score (nSPS) is 16.2. The Bertz CT molecular complexity index is 1180. The van der Waals surface area contributed by atoms with Crippen LogP contribution in [0.5, 0.6) is 0 Å². The lowest BCUT2D eigenvalue weighted by Crippen LogP contribution is -2.46. The number of nitrogens with one attached hydrogen (secondary N) is 1. The fourth-order valence-corrected chi connectivity index (χ4v) is 4.42. The Morgan fingerprint density at radius 3 is 2.68 bits per heavy atom. The van der Waals surface area contributed by atoms with E-state index in [1.165, 1.54) is 17.7 Å². The molecule has 0 amide bonds. The molecule has 1 unspecified atom stereocenters. The maximum atomic E-state index is 13.8. The Balaban J connectivity index is 1.73. The Hall–Kier alpha value is -3.10. The number of allylic oxidation sites excluding steroid dienone is 1. The molecule has 178 valence electrons. The van der Waals surface area contributed by atoms with Gasteiger partial charge in [0, 0.05) is 31.0 Å². The molecule has 0 spiro atoms. The number of benzene rings is 2. The van der Waals surface area contributed by atoms with E-state index in [0.717, 1.165) is 29.7 Å². The smallest absolute Gasteiger partial charge is 0.258 e. The van der Waals surface area contributed by atoms with Crippen LogP contribution in [0.25, 0.3) is 17.0 Å². The van der Waals surface area contributed by atoms with E-state index in [1.54, 1.807) is 12.1 Å². The summed E-state index contributed by atoms with van der Waals surface area (Å²) < 4.78 is 25.0. The summed E-state index contributed by atoms with van der Waals surface area (Å²) in [6.07, 6.45) is 1.79. The number of hydrogen-bond donors (Lipinski definition) is 1. The minimum absolute atomic E-state index is 0.248. The maximum Gasteiger partial charge on any atom is 0.258 e. The third-order valence-corrected chi connectivity index (χ3v) is 6.27. The molecule has 4 rings (SSSR count). The first kappa shape index (κ1) is 24.0. The van der Waals surface area contributed by atoms with E-state index in [-0.39, 0.29) is 11.9 Å². The lowest BCUT2D eigenvalue weighted by molar-refractivity contribution is 0.141. The minimum Gasteiger partial charge on any atom is -0.382 e.